The highest BCUT2D eigenvalue weighted by Gasteiger charge is 2.23. The van der Waals surface area contributed by atoms with Crippen molar-refractivity contribution < 1.29 is 9.84 Å². The zero-order valence-electron chi connectivity index (χ0n) is 12.3. The molecule has 0 amide bonds. The fraction of sp³-hybridized carbons (Fsp3) is 0.625. The molecular weight excluding hydrogens is 252 g/mol. The number of phenols is 1. The first-order valence-electron chi connectivity index (χ1n) is 7.64. The highest BCUT2D eigenvalue weighted by Crippen LogP contribution is 2.32. The molecule has 1 atom stereocenters. The van der Waals surface area contributed by atoms with E-state index in [2.05, 4.69) is 4.90 Å². The number of hydrogen-bond acceptors (Lipinski definition) is 4. The molecule has 0 aliphatic carbocycles. The number of nitrogens with zero attached hydrogens (tertiary/aromatic N) is 1. The van der Waals surface area contributed by atoms with Crippen molar-refractivity contribution >= 4 is 0 Å². The van der Waals surface area contributed by atoms with Crippen LogP contribution in [-0.4, -0.2) is 35.7 Å². The Morgan fingerprint density at radius 3 is 3.00 bits per heavy atom. The van der Waals surface area contributed by atoms with E-state index in [-0.39, 0.29) is 5.75 Å². The van der Waals surface area contributed by atoms with E-state index >= 15 is 0 Å². The van der Waals surface area contributed by atoms with Crippen LogP contribution in [0.3, 0.4) is 0 Å². The number of nitrogens with two attached hydrogens (primary N) is 1. The van der Waals surface area contributed by atoms with Crippen LogP contribution >= 0.6 is 0 Å². The second kappa shape index (κ2) is 7.50. The topological polar surface area (TPSA) is 58.7 Å². The summed E-state index contributed by atoms with van der Waals surface area (Å²) in [6, 6.07) is 6.29. The molecule has 1 aliphatic heterocycles. The zero-order valence-corrected chi connectivity index (χ0v) is 12.3. The van der Waals surface area contributed by atoms with Crippen molar-refractivity contribution in [3.8, 4) is 11.5 Å². The predicted octanol–water partition coefficient (Wildman–Crippen LogP) is 2.49. The van der Waals surface area contributed by atoms with E-state index in [0.717, 1.165) is 31.6 Å². The molecule has 0 spiro atoms. The van der Waals surface area contributed by atoms with Gasteiger partial charge in [-0.25, -0.2) is 0 Å². The molecule has 20 heavy (non-hydrogen) atoms. The average molecular weight is 278 g/mol. The Labute approximate surface area is 121 Å². The van der Waals surface area contributed by atoms with E-state index in [1.807, 2.05) is 25.1 Å². The fourth-order valence-electron chi connectivity index (χ4n) is 2.97. The Kier molecular flexibility index (Phi) is 5.68. The van der Waals surface area contributed by atoms with Crippen molar-refractivity contribution in [2.24, 2.45) is 5.73 Å². The summed E-state index contributed by atoms with van der Waals surface area (Å²) in [7, 11) is 0. The van der Waals surface area contributed by atoms with Crippen molar-refractivity contribution in [3.05, 3.63) is 23.8 Å². The van der Waals surface area contributed by atoms with E-state index < -0.39 is 0 Å². The molecule has 3 N–H and O–H groups in total. The molecule has 1 heterocycles. The van der Waals surface area contributed by atoms with Gasteiger partial charge >= 0.3 is 0 Å². The van der Waals surface area contributed by atoms with Crippen molar-refractivity contribution in [1.29, 1.82) is 0 Å². The molecule has 4 nitrogen and oxygen atoms in total. The van der Waals surface area contributed by atoms with Gasteiger partial charge in [-0.15, -0.1) is 0 Å². The van der Waals surface area contributed by atoms with Gasteiger partial charge in [0, 0.05) is 18.2 Å². The number of phenolic OH excluding ortho intramolecular Hbond substituents is 1. The number of ether oxygens (including phenoxy) is 1. The molecular formula is C16H26N2O2. The summed E-state index contributed by atoms with van der Waals surface area (Å²) in [6.07, 6.45) is 4.76. The number of aromatic hydroxyl groups is 1. The fourth-order valence-corrected chi connectivity index (χ4v) is 2.97. The molecule has 1 fully saturated rings. The van der Waals surface area contributed by atoms with Crippen molar-refractivity contribution in [2.45, 2.75) is 45.2 Å². The maximum Gasteiger partial charge on any atom is 0.162 e. The summed E-state index contributed by atoms with van der Waals surface area (Å²) in [6.45, 7) is 5.08. The standard InChI is InChI=1S/C16H26N2O2/c1-2-20-15-8-5-6-13(16(15)19)12-18-11-4-3-7-14(18)9-10-17/h5-6,8,14,19H,2-4,7,9-12,17H2,1H3. The van der Waals surface area contributed by atoms with Crippen LogP contribution in [0, 0.1) is 0 Å². The molecule has 1 aliphatic rings. The van der Waals surface area contributed by atoms with E-state index in [1.165, 1.54) is 19.3 Å². The minimum atomic E-state index is 0.284. The molecule has 1 aromatic rings. The van der Waals surface area contributed by atoms with Crippen LogP contribution in [0.2, 0.25) is 0 Å². The number of piperidine rings is 1. The van der Waals surface area contributed by atoms with Gasteiger partial charge in [-0.1, -0.05) is 18.6 Å². The van der Waals surface area contributed by atoms with Gasteiger partial charge in [-0.05, 0) is 45.3 Å². The highest BCUT2D eigenvalue weighted by atomic mass is 16.5. The van der Waals surface area contributed by atoms with Gasteiger partial charge in [-0.2, -0.15) is 0 Å². The molecule has 0 saturated carbocycles. The Morgan fingerprint density at radius 2 is 2.25 bits per heavy atom. The SMILES string of the molecule is CCOc1cccc(CN2CCCCC2CCN)c1O. The van der Waals surface area contributed by atoms with Gasteiger partial charge in [0.25, 0.3) is 0 Å². The number of para-hydroxylation sites is 1. The molecule has 1 unspecified atom stereocenters. The Morgan fingerprint density at radius 1 is 1.40 bits per heavy atom. The van der Waals surface area contributed by atoms with Crippen LogP contribution in [0.4, 0.5) is 0 Å². The molecule has 1 aromatic carbocycles. The van der Waals surface area contributed by atoms with Crippen molar-refractivity contribution in [3.63, 3.8) is 0 Å². The van der Waals surface area contributed by atoms with Crippen molar-refractivity contribution in [1.82, 2.24) is 4.90 Å². The zero-order chi connectivity index (χ0) is 14.4. The number of benzene rings is 1. The van der Waals surface area contributed by atoms with Crippen LogP contribution in [0.15, 0.2) is 18.2 Å². The molecule has 0 bridgehead atoms. The Hall–Kier alpha value is -1.26. The first-order chi connectivity index (χ1) is 9.76. The lowest BCUT2D eigenvalue weighted by atomic mass is 9.98. The predicted molar refractivity (Wildman–Crippen MR) is 81.0 cm³/mol. The quantitative estimate of drug-likeness (QED) is 0.839. The largest absolute Gasteiger partial charge is 0.504 e. The van der Waals surface area contributed by atoms with Crippen LogP contribution in [-0.2, 0) is 6.54 Å². The van der Waals surface area contributed by atoms with E-state index in [1.54, 1.807) is 0 Å². The normalized spacial score (nSPS) is 20.0. The second-order valence-corrected chi connectivity index (χ2v) is 5.39. The van der Waals surface area contributed by atoms with E-state index in [4.69, 9.17) is 10.5 Å². The molecule has 112 valence electrons. The molecule has 4 heteroatoms. The lowest BCUT2D eigenvalue weighted by Crippen LogP contribution is -2.40. The average Bonchev–Trinajstić information content (AvgIpc) is 2.46. The van der Waals surface area contributed by atoms with Crippen LogP contribution in [0.5, 0.6) is 11.5 Å². The minimum Gasteiger partial charge on any atom is -0.504 e. The Bertz CT molecular complexity index is 421. The summed E-state index contributed by atoms with van der Waals surface area (Å²) in [5, 5.41) is 10.3. The molecule has 0 aromatic heterocycles. The minimum absolute atomic E-state index is 0.284. The van der Waals surface area contributed by atoms with Gasteiger partial charge in [0.05, 0.1) is 6.61 Å². The van der Waals surface area contributed by atoms with Gasteiger partial charge in [0.1, 0.15) is 0 Å². The lowest BCUT2D eigenvalue weighted by Gasteiger charge is -2.35. The number of hydrogen-bond donors (Lipinski definition) is 2. The van der Waals surface area contributed by atoms with E-state index in [9.17, 15) is 5.11 Å². The van der Waals surface area contributed by atoms with E-state index in [0.29, 0.717) is 18.4 Å². The number of rotatable bonds is 6. The highest BCUT2D eigenvalue weighted by molar-refractivity contribution is 5.45. The first-order valence-corrected chi connectivity index (χ1v) is 7.64. The summed E-state index contributed by atoms with van der Waals surface area (Å²) in [5.74, 6) is 0.865. The maximum atomic E-state index is 10.3. The lowest BCUT2D eigenvalue weighted by molar-refractivity contribution is 0.132. The van der Waals surface area contributed by atoms with Gasteiger partial charge < -0.3 is 15.6 Å². The first kappa shape index (κ1) is 15.1. The molecule has 0 radical (unpaired) electrons. The van der Waals surface area contributed by atoms with Crippen molar-refractivity contribution in [2.75, 3.05) is 19.7 Å². The molecule has 1 saturated heterocycles. The van der Waals surface area contributed by atoms with Gasteiger partial charge in [0.15, 0.2) is 11.5 Å². The smallest absolute Gasteiger partial charge is 0.162 e. The summed E-state index contributed by atoms with van der Waals surface area (Å²) >= 11 is 0. The summed E-state index contributed by atoms with van der Waals surface area (Å²) in [5.41, 5.74) is 6.66. The number of likely N-dealkylation sites (tertiary alicyclic amines) is 1. The summed E-state index contributed by atoms with van der Waals surface area (Å²) < 4.78 is 5.45. The van der Waals surface area contributed by atoms with Gasteiger partial charge in [-0.3, -0.25) is 4.90 Å². The third kappa shape index (κ3) is 3.64. The monoisotopic (exact) mass is 278 g/mol. The van der Waals surface area contributed by atoms with Crippen LogP contribution in [0.1, 0.15) is 38.2 Å². The second-order valence-electron chi connectivity index (χ2n) is 5.39. The van der Waals surface area contributed by atoms with Gasteiger partial charge in [0.2, 0.25) is 0 Å². The van der Waals surface area contributed by atoms with Crippen LogP contribution in [0.25, 0.3) is 0 Å². The Balaban J connectivity index is 2.09. The summed E-state index contributed by atoms with van der Waals surface area (Å²) in [4.78, 5) is 2.45. The van der Waals surface area contributed by atoms with Crippen LogP contribution < -0.4 is 10.5 Å². The third-order valence-corrected chi connectivity index (χ3v) is 4.00. The molecule has 2 rings (SSSR count). The third-order valence-electron chi connectivity index (χ3n) is 4.00. The maximum absolute atomic E-state index is 10.3.